The Morgan fingerprint density at radius 3 is 2.55 bits per heavy atom. The summed E-state index contributed by atoms with van der Waals surface area (Å²) in [6.07, 6.45) is 3.25. The predicted octanol–water partition coefficient (Wildman–Crippen LogP) is 3.62. The summed E-state index contributed by atoms with van der Waals surface area (Å²) in [6, 6.07) is 13.8. The number of methoxy groups -OCH3 is 2. The van der Waals surface area contributed by atoms with Gasteiger partial charge < -0.3 is 14.5 Å². The second kappa shape index (κ2) is 7.88. The van der Waals surface area contributed by atoms with Crippen LogP contribution in [0.15, 0.2) is 59.6 Å². The fraction of sp³-hybridized carbons (Fsp3) is 0.286. The molecule has 0 aliphatic carbocycles. The number of hydrogen-bond acceptors (Lipinski definition) is 5. The van der Waals surface area contributed by atoms with Gasteiger partial charge in [0.05, 0.1) is 37.0 Å². The maximum Gasteiger partial charge on any atom is 0.243 e. The Morgan fingerprint density at radius 2 is 1.83 bits per heavy atom. The second-order valence-electron chi connectivity index (χ2n) is 6.86. The third-order valence-electron chi connectivity index (χ3n) is 5.16. The van der Waals surface area contributed by atoms with Crippen molar-refractivity contribution in [2.75, 3.05) is 20.8 Å². The van der Waals surface area contributed by atoms with E-state index in [1.807, 2.05) is 24.3 Å². The molecule has 2 aromatic carbocycles. The smallest absolute Gasteiger partial charge is 0.243 e. The maximum atomic E-state index is 13.2. The summed E-state index contributed by atoms with van der Waals surface area (Å²) in [5.74, 6) is 2.02. The van der Waals surface area contributed by atoms with Crippen LogP contribution in [0.4, 0.5) is 0 Å². The highest BCUT2D eigenvalue weighted by Crippen LogP contribution is 2.36. The Morgan fingerprint density at radius 1 is 1.07 bits per heavy atom. The minimum absolute atomic E-state index is 0.254. The molecular weight excluding hydrogens is 390 g/mol. The van der Waals surface area contributed by atoms with Crippen molar-refractivity contribution >= 4 is 10.0 Å². The van der Waals surface area contributed by atoms with Crippen molar-refractivity contribution < 1.29 is 17.9 Å². The van der Waals surface area contributed by atoms with Gasteiger partial charge >= 0.3 is 0 Å². The Kier molecular flexibility index (Phi) is 5.29. The number of rotatable bonds is 6. The van der Waals surface area contributed by atoms with E-state index >= 15 is 0 Å². The summed E-state index contributed by atoms with van der Waals surface area (Å²) in [5.41, 5.74) is 1.76. The molecule has 3 aromatic rings. The van der Waals surface area contributed by atoms with Gasteiger partial charge in [0.25, 0.3) is 0 Å². The molecule has 1 aliphatic heterocycles. The Bertz CT molecular complexity index is 1090. The lowest BCUT2D eigenvalue weighted by Crippen LogP contribution is -2.31. The Balaban J connectivity index is 1.62. The highest BCUT2D eigenvalue weighted by Gasteiger charge is 2.37. The van der Waals surface area contributed by atoms with Gasteiger partial charge in [-0.1, -0.05) is 12.1 Å². The quantitative estimate of drug-likeness (QED) is 0.667. The molecule has 152 valence electrons. The highest BCUT2D eigenvalue weighted by molar-refractivity contribution is 7.89. The van der Waals surface area contributed by atoms with Crippen LogP contribution in [-0.2, 0) is 10.0 Å². The lowest BCUT2D eigenvalue weighted by Gasteiger charge is -2.22. The third-order valence-corrected chi connectivity index (χ3v) is 7.08. The van der Waals surface area contributed by atoms with E-state index in [0.29, 0.717) is 18.1 Å². The van der Waals surface area contributed by atoms with Gasteiger partial charge in [-0.3, -0.25) is 0 Å². The minimum Gasteiger partial charge on any atom is -0.497 e. The van der Waals surface area contributed by atoms with Gasteiger partial charge in [-0.15, -0.1) is 0 Å². The van der Waals surface area contributed by atoms with Gasteiger partial charge in [-0.25, -0.2) is 13.4 Å². The van der Waals surface area contributed by atoms with E-state index in [1.54, 1.807) is 44.7 Å². The van der Waals surface area contributed by atoms with Crippen molar-refractivity contribution in [3.8, 4) is 22.8 Å². The van der Waals surface area contributed by atoms with Crippen LogP contribution in [0.5, 0.6) is 11.5 Å². The van der Waals surface area contributed by atoms with E-state index in [1.165, 1.54) is 4.31 Å². The van der Waals surface area contributed by atoms with Crippen LogP contribution in [0.2, 0.25) is 0 Å². The SMILES string of the molecule is COc1ccc(S(=O)(=O)N2CCCC2c2ncc(-c3cccc(OC)c3)[nH]2)cc1. The molecule has 1 saturated heterocycles. The number of benzene rings is 2. The number of imidazole rings is 1. The normalized spacial score (nSPS) is 17.4. The molecule has 4 rings (SSSR count). The lowest BCUT2D eigenvalue weighted by molar-refractivity contribution is 0.385. The molecule has 1 aliphatic rings. The number of aromatic nitrogens is 2. The summed E-state index contributed by atoms with van der Waals surface area (Å²) in [6.45, 7) is 0.466. The van der Waals surface area contributed by atoms with Gasteiger partial charge in [-0.05, 0) is 49.2 Å². The largest absolute Gasteiger partial charge is 0.497 e. The first kappa shape index (κ1) is 19.5. The molecule has 2 heterocycles. The van der Waals surface area contributed by atoms with Crippen LogP contribution in [0.25, 0.3) is 11.3 Å². The molecule has 7 nitrogen and oxygen atoms in total. The van der Waals surface area contributed by atoms with E-state index in [0.717, 1.165) is 29.8 Å². The zero-order chi connectivity index (χ0) is 20.4. The fourth-order valence-corrected chi connectivity index (χ4v) is 5.29. The molecule has 0 bridgehead atoms. The molecular formula is C21H23N3O4S. The molecule has 0 spiro atoms. The Labute approximate surface area is 170 Å². The zero-order valence-electron chi connectivity index (χ0n) is 16.3. The minimum atomic E-state index is -3.63. The summed E-state index contributed by atoms with van der Waals surface area (Å²) in [7, 11) is -0.454. The van der Waals surface area contributed by atoms with Gasteiger partial charge in [0.1, 0.15) is 17.3 Å². The first-order chi connectivity index (χ1) is 14.0. The van der Waals surface area contributed by atoms with Gasteiger partial charge in [0, 0.05) is 12.1 Å². The molecule has 0 amide bonds. The first-order valence-corrected chi connectivity index (χ1v) is 10.8. The number of hydrogen-bond donors (Lipinski definition) is 1. The van der Waals surface area contributed by atoms with Crippen molar-refractivity contribution in [2.45, 2.75) is 23.8 Å². The molecule has 0 radical (unpaired) electrons. The highest BCUT2D eigenvalue weighted by atomic mass is 32.2. The molecule has 29 heavy (non-hydrogen) atoms. The number of aromatic amines is 1. The van der Waals surface area contributed by atoms with E-state index < -0.39 is 10.0 Å². The number of ether oxygens (including phenoxy) is 2. The molecule has 1 fully saturated rings. The summed E-state index contributed by atoms with van der Waals surface area (Å²) in [4.78, 5) is 8.05. The predicted molar refractivity (Wildman–Crippen MR) is 109 cm³/mol. The van der Waals surface area contributed by atoms with Crippen LogP contribution in [0, 0.1) is 0 Å². The van der Waals surface area contributed by atoms with Crippen LogP contribution in [-0.4, -0.2) is 43.5 Å². The van der Waals surface area contributed by atoms with E-state index in [-0.39, 0.29) is 10.9 Å². The fourth-order valence-electron chi connectivity index (χ4n) is 3.63. The van der Waals surface area contributed by atoms with E-state index in [9.17, 15) is 8.42 Å². The van der Waals surface area contributed by atoms with Crippen molar-refractivity contribution in [3.05, 3.63) is 60.6 Å². The molecule has 1 atom stereocenters. The molecule has 1 unspecified atom stereocenters. The number of nitrogens with zero attached hydrogens (tertiary/aromatic N) is 2. The van der Waals surface area contributed by atoms with Crippen molar-refractivity contribution in [1.29, 1.82) is 0 Å². The van der Waals surface area contributed by atoms with Crippen LogP contribution in [0.1, 0.15) is 24.7 Å². The summed E-state index contributed by atoms with van der Waals surface area (Å²) in [5, 5.41) is 0. The average molecular weight is 413 g/mol. The summed E-state index contributed by atoms with van der Waals surface area (Å²) < 4.78 is 38.3. The third kappa shape index (κ3) is 3.73. The van der Waals surface area contributed by atoms with E-state index in [4.69, 9.17) is 9.47 Å². The van der Waals surface area contributed by atoms with Gasteiger partial charge in [-0.2, -0.15) is 4.31 Å². The van der Waals surface area contributed by atoms with Crippen molar-refractivity contribution in [2.24, 2.45) is 0 Å². The van der Waals surface area contributed by atoms with Crippen LogP contribution >= 0.6 is 0 Å². The summed E-state index contributed by atoms with van der Waals surface area (Å²) >= 11 is 0. The second-order valence-corrected chi connectivity index (χ2v) is 8.75. The number of H-pyrrole nitrogens is 1. The Hall–Kier alpha value is -2.84. The zero-order valence-corrected chi connectivity index (χ0v) is 17.1. The van der Waals surface area contributed by atoms with Crippen LogP contribution in [0.3, 0.4) is 0 Å². The van der Waals surface area contributed by atoms with Gasteiger partial charge in [0.2, 0.25) is 10.0 Å². The number of nitrogens with one attached hydrogen (secondary N) is 1. The van der Waals surface area contributed by atoms with Crippen molar-refractivity contribution in [3.63, 3.8) is 0 Å². The average Bonchev–Trinajstić information content (AvgIpc) is 3.43. The molecule has 0 saturated carbocycles. The van der Waals surface area contributed by atoms with Crippen LogP contribution < -0.4 is 9.47 Å². The lowest BCUT2D eigenvalue weighted by atomic mass is 10.1. The topological polar surface area (TPSA) is 84.5 Å². The molecule has 8 heteroatoms. The first-order valence-electron chi connectivity index (χ1n) is 9.38. The monoisotopic (exact) mass is 413 g/mol. The number of sulfonamides is 1. The van der Waals surface area contributed by atoms with E-state index in [2.05, 4.69) is 9.97 Å². The maximum absolute atomic E-state index is 13.2. The van der Waals surface area contributed by atoms with Crippen molar-refractivity contribution in [1.82, 2.24) is 14.3 Å². The van der Waals surface area contributed by atoms with Gasteiger partial charge in [0.15, 0.2) is 0 Å². The molecule has 1 N–H and O–H groups in total. The molecule has 1 aromatic heterocycles. The standard InChI is InChI=1S/C21H23N3O4S/c1-27-16-8-10-18(11-9-16)29(25,26)24-12-4-7-20(24)21-22-14-19(23-21)15-5-3-6-17(13-15)28-2/h3,5-6,8-11,13-14,20H,4,7,12H2,1-2H3,(H,22,23).